The Balaban J connectivity index is 1.45. The van der Waals surface area contributed by atoms with Crippen LogP contribution in [0.5, 0.6) is 11.6 Å². The van der Waals surface area contributed by atoms with E-state index in [-0.39, 0.29) is 53.4 Å². The largest absolute Gasteiger partial charge is 0.472 e. The monoisotopic (exact) mass is 591 g/mol. The fourth-order valence-corrected chi connectivity index (χ4v) is 4.79. The zero-order valence-corrected chi connectivity index (χ0v) is 21.1. The van der Waals surface area contributed by atoms with Gasteiger partial charge in [0.1, 0.15) is 23.1 Å². The smallest absolute Gasteiger partial charge is 0.407 e. The summed E-state index contributed by atoms with van der Waals surface area (Å²) in [5, 5.41) is 15.2. The van der Waals surface area contributed by atoms with E-state index in [1.165, 1.54) is 6.07 Å². The average molecular weight is 592 g/mol. The van der Waals surface area contributed by atoms with Gasteiger partial charge < -0.3 is 19.5 Å². The number of pyridine rings is 1. The number of carbonyl (C=O) groups excluding carboxylic acids is 1. The molecule has 0 radical (unpaired) electrons. The maximum absolute atomic E-state index is 14.3. The minimum atomic E-state index is -4.82. The van der Waals surface area contributed by atoms with Gasteiger partial charge in [0.05, 0.1) is 24.1 Å². The summed E-state index contributed by atoms with van der Waals surface area (Å²) in [7, 11) is 0. The standard InChI is InChI=1S/C22H19ClF5N7O5/c1-21(22(26,27)28)9-34(12-7-29-15-6-13(23)32-35(15)17(12)21)19(36)31-14-4-11(40-18(24)25)5-16(30-14)39-10-2-3-33(8-10)20(37)38/h4-7,10,18H,2-3,8-9H2,1H3,(H,37,38)(H,30,31,36)/t10-,21+/m0/s1. The van der Waals surface area contributed by atoms with Gasteiger partial charge in [0, 0.05) is 37.7 Å². The SMILES string of the molecule is C[C@@]1(C(F)(F)F)CN(C(=O)Nc2cc(OC(F)F)cc(O[C@H]3CCN(C(=O)O)C3)n2)c2cnc3cc(Cl)nn3c21. The summed E-state index contributed by atoms with van der Waals surface area (Å²) in [6.07, 6.45) is -5.29. The number of carbonyl (C=O) groups is 2. The number of hydrogen-bond donors (Lipinski definition) is 2. The molecule has 12 nitrogen and oxygen atoms in total. The van der Waals surface area contributed by atoms with Gasteiger partial charge in [-0.15, -0.1) is 0 Å². The van der Waals surface area contributed by atoms with Crippen LogP contribution in [0, 0.1) is 0 Å². The molecule has 214 valence electrons. The fourth-order valence-electron chi connectivity index (χ4n) is 4.61. The molecule has 2 N–H and O–H groups in total. The van der Waals surface area contributed by atoms with Crippen molar-refractivity contribution in [2.45, 2.75) is 37.7 Å². The molecule has 0 aromatic carbocycles. The van der Waals surface area contributed by atoms with Gasteiger partial charge in [-0.3, -0.25) is 10.2 Å². The summed E-state index contributed by atoms with van der Waals surface area (Å²) in [6.45, 7) is -3.05. The number of halogens is 6. The lowest BCUT2D eigenvalue weighted by Crippen LogP contribution is -2.46. The minimum absolute atomic E-state index is 0.0157. The molecule has 3 amide bonds. The van der Waals surface area contributed by atoms with Crippen molar-refractivity contribution in [1.29, 1.82) is 0 Å². The van der Waals surface area contributed by atoms with Gasteiger partial charge >= 0.3 is 24.9 Å². The first-order valence-corrected chi connectivity index (χ1v) is 11.9. The predicted molar refractivity (Wildman–Crippen MR) is 127 cm³/mol. The highest BCUT2D eigenvalue weighted by Crippen LogP contribution is 2.50. The molecular formula is C22H19ClF5N7O5. The van der Waals surface area contributed by atoms with Crippen LogP contribution in [0.4, 0.5) is 43.0 Å². The van der Waals surface area contributed by atoms with Crippen molar-refractivity contribution >= 4 is 40.9 Å². The molecule has 1 saturated heterocycles. The number of urea groups is 1. The van der Waals surface area contributed by atoms with E-state index in [0.29, 0.717) is 0 Å². The first-order valence-electron chi connectivity index (χ1n) is 11.6. The Hall–Kier alpha value is -4.15. The van der Waals surface area contributed by atoms with Crippen molar-refractivity contribution in [3.05, 3.63) is 35.2 Å². The van der Waals surface area contributed by atoms with Crippen molar-refractivity contribution in [3.8, 4) is 11.6 Å². The van der Waals surface area contributed by atoms with Crippen molar-refractivity contribution < 1.29 is 46.1 Å². The third-order valence-electron chi connectivity index (χ3n) is 6.53. The fraction of sp³-hybridized carbons (Fsp3) is 0.409. The Labute approximate surface area is 226 Å². The zero-order valence-electron chi connectivity index (χ0n) is 20.3. The molecule has 3 aromatic rings. The number of hydrogen-bond acceptors (Lipinski definition) is 7. The quantitative estimate of drug-likeness (QED) is 0.418. The lowest BCUT2D eigenvalue weighted by atomic mass is 9.88. The normalized spacial score (nSPS) is 20.8. The van der Waals surface area contributed by atoms with Gasteiger partial charge in [0.2, 0.25) is 5.88 Å². The Morgan fingerprint density at radius 2 is 2.02 bits per heavy atom. The van der Waals surface area contributed by atoms with E-state index in [1.54, 1.807) is 0 Å². The highest BCUT2D eigenvalue weighted by molar-refractivity contribution is 6.29. The molecule has 2 atom stereocenters. The Morgan fingerprint density at radius 3 is 2.67 bits per heavy atom. The van der Waals surface area contributed by atoms with Crippen LogP contribution in [-0.4, -0.2) is 80.2 Å². The molecule has 0 unspecified atom stereocenters. The molecule has 5 rings (SSSR count). The Bertz CT molecular complexity index is 1490. The number of alkyl halides is 5. The number of amides is 3. The lowest BCUT2D eigenvalue weighted by Gasteiger charge is -2.28. The van der Waals surface area contributed by atoms with Crippen molar-refractivity contribution in [2.75, 3.05) is 29.9 Å². The molecule has 18 heteroatoms. The molecule has 3 aromatic heterocycles. The van der Waals surface area contributed by atoms with E-state index in [0.717, 1.165) is 39.6 Å². The number of anilines is 2. The van der Waals surface area contributed by atoms with E-state index in [1.807, 2.05) is 0 Å². The number of nitrogens with one attached hydrogen (secondary N) is 1. The topological polar surface area (TPSA) is 134 Å². The van der Waals surface area contributed by atoms with E-state index >= 15 is 0 Å². The Morgan fingerprint density at radius 1 is 1.27 bits per heavy atom. The Kier molecular flexibility index (Phi) is 6.71. The van der Waals surface area contributed by atoms with Crippen LogP contribution < -0.4 is 19.7 Å². The van der Waals surface area contributed by atoms with Gasteiger partial charge in [0.15, 0.2) is 10.8 Å². The van der Waals surface area contributed by atoms with Gasteiger partial charge in [-0.05, 0) is 6.92 Å². The molecule has 1 fully saturated rings. The van der Waals surface area contributed by atoms with Crippen LogP contribution in [0.15, 0.2) is 24.4 Å². The molecule has 0 saturated carbocycles. The summed E-state index contributed by atoms with van der Waals surface area (Å²) in [6, 6.07) is 2.13. The van der Waals surface area contributed by atoms with Crippen molar-refractivity contribution in [3.63, 3.8) is 0 Å². The minimum Gasteiger partial charge on any atom is -0.472 e. The molecule has 40 heavy (non-hydrogen) atoms. The highest BCUT2D eigenvalue weighted by Gasteiger charge is 2.60. The number of rotatable bonds is 5. The number of ether oxygens (including phenoxy) is 2. The van der Waals surface area contributed by atoms with Crippen LogP contribution in [0.2, 0.25) is 5.15 Å². The van der Waals surface area contributed by atoms with Gasteiger partial charge in [-0.2, -0.15) is 32.0 Å². The van der Waals surface area contributed by atoms with Crippen molar-refractivity contribution in [1.82, 2.24) is 24.5 Å². The number of carboxylic acid groups (broad SMARTS) is 1. The molecule has 0 bridgehead atoms. The summed E-state index contributed by atoms with van der Waals surface area (Å²) in [5.74, 6) is -1.10. The molecule has 0 spiro atoms. The average Bonchev–Trinajstić information content (AvgIpc) is 3.53. The van der Waals surface area contributed by atoms with E-state index in [4.69, 9.17) is 21.4 Å². The van der Waals surface area contributed by atoms with Crippen molar-refractivity contribution in [2.24, 2.45) is 0 Å². The van der Waals surface area contributed by atoms with Crippen LogP contribution in [0.1, 0.15) is 19.0 Å². The van der Waals surface area contributed by atoms with Crippen LogP contribution in [0.3, 0.4) is 0 Å². The molecule has 2 aliphatic rings. The second-order valence-electron chi connectivity index (χ2n) is 9.24. The second kappa shape index (κ2) is 9.79. The molecular weight excluding hydrogens is 573 g/mol. The van der Waals surface area contributed by atoms with Crippen LogP contribution in [-0.2, 0) is 5.41 Å². The number of nitrogens with zero attached hydrogens (tertiary/aromatic N) is 6. The van der Waals surface area contributed by atoms with Gasteiger partial charge in [-0.25, -0.2) is 19.1 Å². The summed E-state index contributed by atoms with van der Waals surface area (Å²) in [4.78, 5) is 34.4. The maximum Gasteiger partial charge on any atom is 0.407 e. The molecule has 5 heterocycles. The third kappa shape index (κ3) is 4.96. The van der Waals surface area contributed by atoms with Crippen LogP contribution in [0.25, 0.3) is 5.65 Å². The first kappa shape index (κ1) is 27.4. The highest BCUT2D eigenvalue weighted by atomic mass is 35.5. The van der Waals surface area contributed by atoms with E-state index in [2.05, 4.69) is 25.1 Å². The van der Waals surface area contributed by atoms with Crippen LogP contribution >= 0.6 is 11.6 Å². The summed E-state index contributed by atoms with van der Waals surface area (Å²) >= 11 is 5.89. The molecule has 0 aliphatic carbocycles. The number of aromatic nitrogens is 4. The number of likely N-dealkylation sites (tertiary alicyclic amines) is 1. The molecule has 2 aliphatic heterocycles. The second-order valence-corrected chi connectivity index (χ2v) is 9.62. The van der Waals surface area contributed by atoms with E-state index in [9.17, 15) is 31.5 Å². The summed E-state index contributed by atoms with van der Waals surface area (Å²) in [5.41, 5.74) is -3.12. The number of fused-ring (bicyclic) bond motifs is 3. The maximum atomic E-state index is 14.3. The first-order chi connectivity index (χ1) is 18.7. The zero-order chi connectivity index (χ0) is 29.0. The van der Waals surface area contributed by atoms with E-state index < -0.39 is 48.7 Å². The van der Waals surface area contributed by atoms with Gasteiger partial charge in [0.25, 0.3) is 0 Å². The summed E-state index contributed by atoms with van der Waals surface area (Å²) < 4.78 is 79.8. The third-order valence-corrected chi connectivity index (χ3v) is 6.72. The predicted octanol–water partition coefficient (Wildman–Crippen LogP) is 4.38. The lowest BCUT2D eigenvalue weighted by molar-refractivity contribution is -0.181. The van der Waals surface area contributed by atoms with Gasteiger partial charge in [-0.1, -0.05) is 11.6 Å².